The first-order valence-electron chi connectivity index (χ1n) is 10.1. The van der Waals surface area contributed by atoms with Crippen molar-refractivity contribution in [3.8, 4) is 0 Å². The highest BCUT2D eigenvalue weighted by Crippen LogP contribution is 2.34. The van der Waals surface area contributed by atoms with Crippen LogP contribution in [0.2, 0.25) is 10.0 Å². The molecule has 0 atom stereocenters. The summed E-state index contributed by atoms with van der Waals surface area (Å²) in [6.07, 6.45) is -3.41. The number of nitrogens with zero attached hydrogens (tertiary/aromatic N) is 2. The molecule has 0 N–H and O–H groups in total. The average molecular weight is 535 g/mol. The molecule has 2 aromatic carbocycles. The van der Waals surface area contributed by atoms with Crippen LogP contribution in [0, 0.1) is 0 Å². The average Bonchev–Trinajstić information content (AvgIpc) is 3.24. The number of sulfone groups is 1. The fourth-order valence-corrected chi connectivity index (χ4v) is 6.91. The smallest absolute Gasteiger partial charge is 0.348 e. The Balaban J connectivity index is 1.42. The third-order valence-electron chi connectivity index (χ3n) is 5.57. The minimum absolute atomic E-state index is 0.285. The van der Waals surface area contributed by atoms with E-state index in [0.29, 0.717) is 42.4 Å². The lowest BCUT2D eigenvalue weighted by atomic mass is 10.1. The molecule has 4 nitrogen and oxygen atoms in total. The van der Waals surface area contributed by atoms with Crippen molar-refractivity contribution in [3.63, 3.8) is 0 Å². The van der Waals surface area contributed by atoms with Crippen LogP contribution in [0.1, 0.15) is 29.7 Å². The van der Waals surface area contributed by atoms with Crippen LogP contribution in [-0.4, -0.2) is 31.7 Å². The number of hydrogen-bond acceptors (Lipinski definition) is 5. The number of rotatable bonds is 5. The van der Waals surface area contributed by atoms with Gasteiger partial charge in [0, 0.05) is 34.9 Å². The standard InChI is InChI=1S/C22H19Cl2F3N2O2S2/c23-16-5-4-14(20(24)12-16)10-17-13-32-21(28-17)29-8-6-18(7-9-29)33(30,31)19-3-1-2-15(11-19)22(25,26)27/h1-5,11-13,18H,6-10H2. The highest BCUT2D eigenvalue weighted by Gasteiger charge is 2.35. The quantitative estimate of drug-likeness (QED) is 0.374. The predicted octanol–water partition coefficient (Wildman–Crippen LogP) is 6.50. The van der Waals surface area contributed by atoms with Crippen LogP contribution in [0.25, 0.3) is 0 Å². The molecule has 176 valence electrons. The summed E-state index contributed by atoms with van der Waals surface area (Å²) in [6, 6.07) is 9.26. The lowest BCUT2D eigenvalue weighted by Crippen LogP contribution is -2.39. The van der Waals surface area contributed by atoms with E-state index in [9.17, 15) is 21.6 Å². The van der Waals surface area contributed by atoms with Crippen LogP contribution >= 0.6 is 34.5 Å². The second-order valence-corrected chi connectivity index (χ2v) is 11.7. The summed E-state index contributed by atoms with van der Waals surface area (Å²) < 4.78 is 64.9. The fraction of sp³-hybridized carbons (Fsp3) is 0.318. The van der Waals surface area contributed by atoms with E-state index in [1.54, 1.807) is 12.1 Å². The number of benzene rings is 2. The van der Waals surface area contributed by atoms with Crippen molar-refractivity contribution in [1.29, 1.82) is 0 Å². The van der Waals surface area contributed by atoms with Gasteiger partial charge in [-0.25, -0.2) is 13.4 Å². The van der Waals surface area contributed by atoms with Crippen molar-refractivity contribution in [2.75, 3.05) is 18.0 Å². The van der Waals surface area contributed by atoms with E-state index in [0.717, 1.165) is 34.6 Å². The van der Waals surface area contributed by atoms with E-state index in [4.69, 9.17) is 23.2 Å². The summed E-state index contributed by atoms with van der Waals surface area (Å²) in [5.74, 6) is 0. The Morgan fingerprint density at radius 3 is 2.48 bits per heavy atom. The molecule has 0 bridgehead atoms. The summed E-state index contributed by atoms with van der Waals surface area (Å²) in [6.45, 7) is 0.912. The fourth-order valence-electron chi connectivity index (χ4n) is 3.78. The summed E-state index contributed by atoms with van der Waals surface area (Å²) in [4.78, 5) is 6.38. The zero-order valence-corrected chi connectivity index (χ0v) is 20.3. The second-order valence-electron chi connectivity index (χ2n) is 7.79. The maximum Gasteiger partial charge on any atom is 0.416 e. The summed E-state index contributed by atoms with van der Waals surface area (Å²) in [7, 11) is -3.86. The number of piperidine rings is 1. The van der Waals surface area contributed by atoms with Gasteiger partial charge in [0.15, 0.2) is 15.0 Å². The van der Waals surface area contributed by atoms with Gasteiger partial charge in [0.05, 0.1) is 21.4 Å². The molecule has 0 unspecified atom stereocenters. The van der Waals surface area contributed by atoms with Gasteiger partial charge in [0.2, 0.25) is 0 Å². The highest BCUT2D eigenvalue weighted by atomic mass is 35.5. The van der Waals surface area contributed by atoms with E-state index >= 15 is 0 Å². The van der Waals surface area contributed by atoms with E-state index in [1.807, 2.05) is 16.3 Å². The first-order valence-corrected chi connectivity index (χ1v) is 13.3. The number of aromatic nitrogens is 1. The zero-order chi connectivity index (χ0) is 23.8. The Morgan fingerprint density at radius 2 is 1.82 bits per heavy atom. The van der Waals surface area contributed by atoms with Crippen molar-refractivity contribution in [1.82, 2.24) is 4.98 Å². The molecule has 33 heavy (non-hydrogen) atoms. The predicted molar refractivity (Wildman–Crippen MR) is 125 cm³/mol. The number of alkyl halides is 3. The molecule has 4 rings (SSSR count). The van der Waals surface area contributed by atoms with Crippen molar-refractivity contribution >= 4 is 49.5 Å². The first kappa shape index (κ1) is 24.3. The van der Waals surface area contributed by atoms with E-state index < -0.39 is 26.8 Å². The van der Waals surface area contributed by atoms with Crippen LogP contribution in [0.15, 0.2) is 52.7 Å². The van der Waals surface area contributed by atoms with Crippen LogP contribution in [-0.2, 0) is 22.4 Å². The molecule has 0 saturated carbocycles. The molecule has 0 amide bonds. The maximum absolute atomic E-state index is 13.0. The van der Waals surface area contributed by atoms with Crippen LogP contribution in [0.5, 0.6) is 0 Å². The molecular formula is C22H19Cl2F3N2O2S2. The largest absolute Gasteiger partial charge is 0.416 e. The summed E-state index contributed by atoms with van der Waals surface area (Å²) in [5.41, 5.74) is 0.791. The van der Waals surface area contributed by atoms with Crippen LogP contribution in [0.4, 0.5) is 18.3 Å². The van der Waals surface area contributed by atoms with Gasteiger partial charge in [-0.1, -0.05) is 35.3 Å². The molecular weight excluding hydrogens is 516 g/mol. The molecule has 1 aliphatic heterocycles. The Labute approximate surface area is 203 Å². The van der Waals surface area contributed by atoms with Gasteiger partial charge >= 0.3 is 6.18 Å². The third-order valence-corrected chi connectivity index (χ3v) is 9.36. The zero-order valence-electron chi connectivity index (χ0n) is 17.1. The van der Waals surface area contributed by atoms with Gasteiger partial charge < -0.3 is 4.90 Å². The molecule has 1 saturated heterocycles. The summed E-state index contributed by atoms with van der Waals surface area (Å²) >= 11 is 13.6. The Hall–Kier alpha value is -1.81. The molecule has 3 aromatic rings. The van der Waals surface area contributed by atoms with Crippen molar-refractivity contribution in [3.05, 3.63) is 74.7 Å². The minimum Gasteiger partial charge on any atom is -0.348 e. The lowest BCUT2D eigenvalue weighted by Gasteiger charge is -2.31. The van der Waals surface area contributed by atoms with Gasteiger partial charge in [-0.05, 0) is 48.7 Å². The molecule has 1 fully saturated rings. The number of thiazole rings is 1. The number of hydrogen-bond donors (Lipinski definition) is 0. The normalized spacial score (nSPS) is 15.7. The first-order chi connectivity index (χ1) is 15.5. The molecule has 11 heteroatoms. The molecule has 2 heterocycles. The van der Waals surface area contributed by atoms with Crippen LogP contribution < -0.4 is 4.90 Å². The second kappa shape index (κ2) is 9.44. The Bertz CT molecular complexity index is 1250. The highest BCUT2D eigenvalue weighted by molar-refractivity contribution is 7.92. The minimum atomic E-state index is -4.59. The number of halogens is 5. The van der Waals surface area contributed by atoms with Crippen molar-refractivity contribution in [2.45, 2.75) is 35.6 Å². The van der Waals surface area contributed by atoms with E-state index in [-0.39, 0.29) is 4.90 Å². The van der Waals surface area contributed by atoms with Gasteiger partial charge in [0.1, 0.15) is 0 Å². The van der Waals surface area contributed by atoms with Gasteiger partial charge in [-0.2, -0.15) is 13.2 Å². The van der Waals surface area contributed by atoms with Gasteiger partial charge in [0.25, 0.3) is 0 Å². The topological polar surface area (TPSA) is 50.3 Å². The lowest BCUT2D eigenvalue weighted by molar-refractivity contribution is -0.137. The molecule has 1 aromatic heterocycles. The maximum atomic E-state index is 13.0. The van der Waals surface area contributed by atoms with Gasteiger partial charge in [-0.15, -0.1) is 11.3 Å². The number of anilines is 1. The van der Waals surface area contributed by atoms with E-state index in [1.165, 1.54) is 17.4 Å². The third kappa shape index (κ3) is 5.48. The monoisotopic (exact) mass is 534 g/mol. The summed E-state index contributed by atoms with van der Waals surface area (Å²) in [5, 5.41) is 3.11. The molecule has 1 aliphatic rings. The van der Waals surface area contributed by atoms with E-state index in [2.05, 4.69) is 4.98 Å². The Morgan fingerprint density at radius 1 is 1.09 bits per heavy atom. The molecule has 0 radical (unpaired) electrons. The SMILES string of the molecule is O=S(=O)(c1cccc(C(F)(F)F)c1)C1CCN(c2nc(Cc3ccc(Cl)cc3Cl)cs2)CC1. The van der Waals surface area contributed by atoms with Crippen molar-refractivity contribution < 1.29 is 21.6 Å². The van der Waals surface area contributed by atoms with Crippen molar-refractivity contribution in [2.24, 2.45) is 0 Å². The van der Waals surface area contributed by atoms with Crippen LogP contribution in [0.3, 0.4) is 0 Å². The molecule has 0 aliphatic carbocycles. The van der Waals surface area contributed by atoms with Gasteiger partial charge in [-0.3, -0.25) is 0 Å². The Kier molecular flexibility index (Phi) is 6.96. The molecule has 0 spiro atoms.